The molecule has 0 radical (unpaired) electrons. The van der Waals surface area contributed by atoms with E-state index >= 15 is 0 Å². The molecule has 4 aromatic heterocycles. The number of aryl methyl sites for hydroxylation is 2. The van der Waals surface area contributed by atoms with E-state index in [9.17, 15) is 0 Å². The molecule has 1 atom stereocenters. The fourth-order valence-electron chi connectivity index (χ4n) is 7.06. The van der Waals surface area contributed by atoms with Crippen molar-refractivity contribution in [3.05, 3.63) is 162 Å². The largest absolute Gasteiger partial charge is 3.00 e. The molecule has 0 amide bonds. The quantitative estimate of drug-likeness (QED) is 0.130. The van der Waals surface area contributed by atoms with E-state index in [2.05, 4.69) is 113 Å². The second-order valence-electron chi connectivity index (χ2n) is 14.4. The van der Waals surface area contributed by atoms with Crippen LogP contribution >= 0.6 is 11.3 Å². The van der Waals surface area contributed by atoms with E-state index in [1.807, 2.05) is 43.5 Å². The SMILES string of the molecule is Cc1ccc2c(n1)sc1c(C3[N-]c4ccccc4N3c3ccc(C)c4c3oc3ccccc34)[c-]ccc12.[2H]c1[c-]c(-c2cc[c]([Ge]([CH3])([CH3])[CH3])cn2)cc([2H])c1[2H].[Ir+3]. The zero-order valence-corrected chi connectivity index (χ0v) is 35.7. The first-order valence-corrected chi connectivity index (χ1v) is 25.8. The molecule has 5 aromatic carbocycles. The summed E-state index contributed by atoms with van der Waals surface area (Å²) in [7, 11) is 0. The van der Waals surface area contributed by atoms with Crippen molar-refractivity contribution < 1.29 is 28.6 Å². The minimum absolute atomic E-state index is 0. The molecule has 266 valence electrons. The summed E-state index contributed by atoms with van der Waals surface area (Å²) >= 11 is -0.135. The normalized spacial score (nSPS) is 14.6. The average molecular weight is 962 g/mol. The third-order valence-electron chi connectivity index (χ3n) is 9.80. The first kappa shape index (κ1) is 32.6. The Kier molecular flexibility index (Phi) is 8.74. The van der Waals surface area contributed by atoms with Crippen LogP contribution in [0.5, 0.6) is 0 Å². The van der Waals surface area contributed by atoms with Crippen LogP contribution < -0.4 is 9.30 Å². The number of para-hydroxylation sites is 3. The molecule has 54 heavy (non-hydrogen) atoms. The zero-order valence-electron chi connectivity index (χ0n) is 33.4. The Morgan fingerprint density at radius 1 is 0.833 bits per heavy atom. The van der Waals surface area contributed by atoms with Gasteiger partial charge in [-0.2, -0.15) is 29.5 Å². The second kappa shape index (κ2) is 14.5. The molecule has 10 rings (SSSR count). The Bertz CT molecular complexity index is 2960. The van der Waals surface area contributed by atoms with E-state index in [1.54, 1.807) is 17.4 Å². The first-order chi connectivity index (χ1) is 27.0. The van der Waals surface area contributed by atoms with Crippen LogP contribution in [0.15, 0.2) is 132 Å². The number of nitrogens with zero attached hydrogens (tertiary/aromatic N) is 4. The number of anilines is 2. The van der Waals surface area contributed by atoms with Gasteiger partial charge >= 0.3 is 124 Å². The summed E-state index contributed by atoms with van der Waals surface area (Å²) in [6.45, 7) is 4.19. The van der Waals surface area contributed by atoms with E-state index in [4.69, 9.17) is 18.8 Å². The summed E-state index contributed by atoms with van der Waals surface area (Å²) in [5.74, 6) is 6.92. The minimum atomic E-state index is -1.86. The molecule has 0 bridgehead atoms. The molecule has 1 unspecified atom stereocenters. The van der Waals surface area contributed by atoms with Crippen LogP contribution in [0.1, 0.15) is 27.1 Å². The number of pyridine rings is 2. The summed E-state index contributed by atoms with van der Waals surface area (Å²) < 4.78 is 31.8. The minimum Gasteiger partial charge on any atom is 3.00 e. The van der Waals surface area contributed by atoms with Gasteiger partial charge in [-0.25, -0.2) is 4.98 Å². The standard InChI is InChI=1S/C32H21N3OS.C14H16GeN.Ir/c1-18-14-17-26(29-28(18)22-8-3-6-13-27(22)36-29)35-25-12-5-4-11-24(25)34-31(35)23-10-7-9-20-21-16-15-19(2)33-32(21)37-30(20)23;1-15(2,3)13-9-10-14(16-11-13)12-7-5-4-6-8-12;/h3-9,11-17,31H,1-2H3;4-7,9-11H,1-3H3;/q-2;-1;+3/i;4D,5D,6D;. The first-order valence-electron chi connectivity index (χ1n) is 19.1. The van der Waals surface area contributed by atoms with E-state index in [1.165, 1.54) is 25.4 Å². The zero-order chi connectivity index (χ0) is 38.9. The Labute approximate surface area is 340 Å². The maximum atomic E-state index is 7.65. The number of benzene rings is 5. The maximum Gasteiger partial charge on any atom is 3.00 e. The Hall–Kier alpha value is -4.79. The van der Waals surface area contributed by atoms with Crippen molar-refractivity contribution in [1.29, 1.82) is 0 Å². The third-order valence-corrected chi connectivity index (χ3v) is 15.2. The Morgan fingerprint density at radius 2 is 1.67 bits per heavy atom. The monoisotopic (exact) mass is 963 g/mol. The van der Waals surface area contributed by atoms with E-state index < -0.39 is 13.3 Å². The fraction of sp³-hybridized carbons (Fsp3) is 0.130. The number of thiophene rings is 1. The van der Waals surface area contributed by atoms with Gasteiger partial charge in [0, 0.05) is 22.2 Å². The molecule has 5 heterocycles. The molecule has 0 aliphatic carbocycles. The van der Waals surface area contributed by atoms with Gasteiger partial charge in [0.15, 0.2) is 5.58 Å². The topological polar surface area (TPSA) is 56.3 Å². The summed E-state index contributed by atoms with van der Waals surface area (Å²) in [6, 6.07) is 41.2. The predicted molar refractivity (Wildman–Crippen MR) is 225 cm³/mol. The second-order valence-corrected chi connectivity index (χ2v) is 26.0. The van der Waals surface area contributed by atoms with Crippen molar-refractivity contribution in [3.8, 4) is 11.3 Å². The molecule has 0 fully saturated rings. The third kappa shape index (κ3) is 6.43. The van der Waals surface area contributed by atoms with Crippen LogP contribution in [0, 0.1) is 26.0 Å². The van der Waals surface area contributed by atoms with Gasteiger partial charge in [-0.1, -0.05) is 53.2 Å². The van der Waals surface area contributed by atoms with Crippen molar-refractivity contribution in [2.24, 2.45) is 0 Å². The molecule has 8 heteroatoms. The van der Waals surface area contributed by atoms with E-state index in [-0.39, 0.29) is 44.4 Å². The van der Waals surface area contributed by atoms with Crippen LogP contribution in [-0.4, -0.2) is 23.2 Å². The molecule has 1 aliphatic rings. The van der Waals surface area contributed by atoms with Crippen molar-refractivity contribution in [1.82, 2.24) is 9.97 Å². The van der Waals surface area contributed by atoms with Gasteiger partial charge in [-0.3, -0.25) is 0 Å². The van der Waals surface area contributed by atoms with Crippen LogP contribution in [-0.2, 0) is 20.1 Å². The number of fused-ring (bicyclic) bond motifs is 7. The number of hydrogen-bond acceptors (Lipinski definition) is 5. The van der Waals surface area contributed by atoms with Crippen LogP contribution in [0.4, 0.5) is 17.1 Å². The molecule has 0 spiro atoms. The van der Waals surface area contributed by atoms with Crippen molar-refractivity contribution in [2.45, 2.75) is 37.3 Å². The van der Waals surface area contributed by atoms with Gasteiger partial charge in [-0.15, -0.1) is 16.6 Å². The number of hydrogen-bond donors (Lipinski definition) is 0. The van der Waals surface area contributed by atoms with Crippen molar-refractivity contribution >= 4 is 88.3 Å². The van der Waals surface area contributed by atoms with Crippen LogP contribution in [0.2, 0.25) is 17.3 Å². The average Bonchev–Trinajstić information content (AvgIpc) is 3.89. The molecule has 9 aromatic rings. The summed E-state index contributed by atoms with van der Waals surface area (Å²) in [5, 5.41) is 9.91. The van der Waals surface area contributed by atoms with Gasteiger partial charge in [-0.05, 0) is 55.2 Å². The van der Waals surface area contributed by atoms with Gasteiger partial charge in [0.25, 0.3) is 0 Å². The van der Waals surface area contributed by atoms with Gasteiger partial charge in [0.1, 0.15) is 10.4 Å². The summed E-state index contributed by atoms with van der Waals surface area (Å²) in [4.78, 5) is 12.6. The molecule has 0 saturated carbocycles. The van der Waals surface area contributed by atoms with Gasteiger partial charge in [0.2, 0.25) is 0 Å². The molecular formula is C46H37GeIrN4OS. The van der Waals surface area contributed by atoms with Gasteiger partial charge in [0.05, 0.1) is 5.69 Å². The Morgan fingerprint density at radius 3 is 2.48 bits per heavy atom. The number of aromatic nitrogens is 2. The van der Waals surface area contributed by atoms with Crippen molar-refractivity contribution in [3.63, 3.8) is 0 Å². The Balaban J connectivity index is 0.000000194. The molecular weight excluding hydrogens is 921 g/mol. The molecule has 5 nitrogen and oxygen atoms in total. The molecule has 1 aliphatic heterocycles. The molecule has 0 saturated heterocycles. The fourth-order valence-corrected chi connectivity index (χ4v) is 10.5. The smallest absolute Gasteiger partial charge is 3.00 e. The summed E-state index contributed by atoms with van der Waals surface area (Å²) in [5.41, 5.74) is 9.43. The van der Waals surface area contributed by atoms with Gasteiger partial charge < -0.3 is 14.6 Å². The van der Waals surface area contributed by atoms with Crippen LogP contribution in [0.3, 0.4) is 0 Å². The number of rotatable bonds is 4. The van der Waals surface area contributed by atoms with E-state index in [0.29, 0.717) is 11.3 Å². The molecule has 0 N–H and O–H groups in total. The van der Waals surface area contributed by atoms with E-state index in [0.717, 1.165) is 55.1 Å². The summed E-state index contributed by atoms with van der Waals surface area (Å²) in [6.07, 6.45) is 1.62. The maximum absolute atomic E-state index is 7.65. The van der Waals surface area contributed by atoms with Crippen molar-refractivity contribution in [2.75, 3.05) is 4.90 Å². The van der Waals surface area contributed by atoms with Crippen LogP contribution in [0.25, 0.3) is 58.8 Å². The number of furan rings is 1. The predicted octanol–water partition coefficient (Wildman–Crippen LogP) is 12.7.